The van der Waals surface area contributed by atoms with Crippen LogP contribution in [0, 0.1) is 5.82 Å². The lowest BCUT2D eigenvalue weighted by molar-refractivity contribution is -0.137. The molecular weight excluding hydrogens is 374 g/mol. The van der Waals surface area contributed by atoms with E-state index < -0.39 is 11.7 Å². The molecule has 0 spiro atoms. The van der Waals surface area contributed by atoms with Crippen molar-refractivity contribution in [3.63, 3.8) is 0 Å². The van der Waals surface area contributed by atoms with Crippen molar-refractivity contribution in [2.45, 2.75) is 12.7 Å². The third-order valence-corrected chi connectivity index (χ3v) is 4.66. The highest BCUT2D eigenvalue weighted by Gasteiger charge is 2.30. The van der Waals surface area contributed by atoms with Crippen molar-refractivity contribution in [1.29, 1.82) is 0 Å². The molecule has 0 atom stereocenters. The maximum absolute atomic E-state index is 13.7. The lowest BCUT2D eigenvalue weighted by atomic mass is 10.2. The van der Waals surface area contributed by atoms with Gasteiger partial charge in [0.15, 0.2) is 0 Å². The molecule has 8 heteroatoms. The summed E-state index contributed by atoms with van der Waals surface area (Å²) in [6, 6.07) is 11.2. The van der Waals surface area contributed by atoms with Gasteiger partial charge in [-0.25, -0.2) is 4.39 Å². The van der Waals surface area contributed by atoms with Crippen LogP contribution in [0.5, 0.6) is 0 Å². The Labute approximate surface area is 160 Å². The maximum Gasteiger partial charge on any atom is 0.416 e. The Morgan fingerprint density at radius 3 is 2.32 bits per heavy atom. The van der Waals surface area contributed by atoms with Crippen molar-refractivity contribution in [1.82, 2.24) is 9.80 Å². The summed E-state index contributed by atoms with van der Waals surface area (Å²) in [4.78, 5) is 16.2. The third-order valence-electron chi connectivity index (χ3n) is 4.66. The van der Waals surface area contributed by atoms with Crippen LogP contribution in [0.4, 0.5) is 23.2 Å². The van der Waals surface area contributed by atoms with Crippen molar-refractivity contribution < 1.29 is 22.4 Å². The lowest BCUT2D eigenvalue weighted by Gasteiger charge is -2.34. The van der Waals surface area contributed by atoms with Crippen molar-refractivity contribution in [3.05, 3.63) is 65.5 Å². The van der Waals surface area contributed by atoms with Gasteiger partial charge in [0.1, 0.15) is 5.82 Å². The zero-order valence-electron chi connectivity index (χ0n) is 15.2. The maximum atomic E-state index is 13.7. The van der Waals surface area contributed by atoms with Gasteiger partial charge in [0.25, 0.3) is 0 Å². The average Bonchev–Trinajstić information content (AvgIpc) is 2.65. The summed E-state index contributed by atoms with van der Waals surface area (Å²) in [5.41, 5.74) is -0.0386. The van der Waals surface area contributed by atoms with Crippen molar-refractivity contribution >= 4 is 11.6 Å². The van der Waals surface area contributed by atoms with E-state index in [1.165, 1.54) is 18.2 Å². The Kier molecular flexibility index (Phi) is 6.31. The summed E-state index contributed by atoms with van der Waals surface area (Å²) >= 11 is 0. The molecule has 1 saturated heterocycles. The Morgan fingerprint density at radius 2 is 1.64 bits per heavy atom. The Morgan fingerprint density at radius 1 is 0.964 bits per heavy atom. The minimum absolute atomic E-state index is 0.101. The summed E-state index contributed by atoms with van der Waals surface area (Å²) in [5, 5.41) is 2.52. The summed E-state index contributed by atoms with van der Waals surface area (Å²) in [6.45, 7) is 3.24. The van der Waals surface area contributed by atoms with Crippen molar-refractivity contribution in [2.24, 2.45) is 0 Å². The van der Waals surface area contributed by atoms with E-state index in [-0.39, 0.29) is 24.0 Å². The number of piperazine rings is 1. The second-order valence-electron chi connectivity index (χ2n) is 6.77. The highest BCUT2D eigenvalue weighted by atomic mass is 19.4. The van der Waals surface area contributed by atoms with Crippen LogP contribution in [0.25, 0.3) is 0 Å². The molecule has 3 rings (SSSR count). The first kappa shape index (κ1) is 20.3. The number of benzene rings is 2. The quantitative estimate of drug-likeness (QED) is 0.786. The van der Waals surface area contributed by atoms with Crippen LogP contribution in [0.15, 0.2) is 48.5 Å². The van der Waals surface area contributed by atoms with Gasteiger partial charge in [-0.2, -0.15) is 13.2 Å². The molecule has 1 fully saturated rings. The van der Waals surface area contributed by atoms with E-state index in [9.17, 15) is 22.4 Å². The van der Waals surface area contributed by atoms with Gasteiger partial charge in [-0.3, -0.25) is 14.6 Å². The van der Waals surface area contributed by atoms with Gasteiger partial charge >= 0.3 is 6.18 Å². The number of rotatable bonds is 5. The molecule has 0 aromatic heterocycles. The van der Waals surface area contributed by atoms with Gasteiger partial charge in [0, 0.05) is 44.0 Å². The van der Waals surface area contributed by atoms with Crippen molar-refractivity contribution in [2.75, 3.05) is 38.0 Å². The summed E-state index contributed by atoms with van der Waals surface area (Å²) < 4.78 is 52.0. The zero-order valence-corrected chi connectivity index (χ0v) is 15.2. The smallest absolute Gasteiger partial charge is 0.325 e. The minimum Gasteiger partial charge on any atom is -0.325 e. The standard InChI is InChI=1S/C20H21F4N3O/c21-18-7-2-1-4-15(18)13-26-8-10-27(11-9-26)14-19(28)25-17-6-3-5-16(12-17)20(22,23)24/h1-7,12H,8-11,13-14H2,(H,25,28). The van der Waals surface area contributed by atoms with E-state index in [0.717, 1.165) is 12.1 Å². The number of carbonyl (C=O) groups is 1. The van der Waals surface area contributed by atoms with Gasteiger partial charge < -0.3 is 5.32 Å². The molecule has 1 heterocycles. The first-order valence-corrected chi connectivity index (χ1v) is 8.96. The topological polar surface area (TPSA) is 35.6 Å². The molecule has 1 amide bonds. The number of hydrogen-bond donors (Lipinski definition) is 1. The summed E-state index contributed by atoms with van der Waals surface area (Å²) in [6.07, 6.45) is -4.45. The third kappa shape index (κ3) is 5.53. The number of anilines is 1. The normalized spacial score (nSPS) is 16.1. The van der Waals surface area contributed by atoms with Crippen LogP contribution in [0.2, 0.25) is 0 Å². The number of alkyl halides is 3. The van der Waals surface area contributed by atoms with Crippen LogP contribution >= 0.6 is 0 Å². The summed E-state index contributed by atoms with van der Waals surface area (Å²) in [7, 11) is 0. The van der Waals surface area contributed by atoms with Gasteiger partial charge in [0.05, 0.1) is 12.1 Å². The molecule has 150 valence electrons. The van der Waals surface area contributed by atoms with Crippen LogP contribution in [0.3, 0.4) is 0 Å². The zero-order chi connectivity index (χ0) is 20.1. The Hall–Kier alpha value is -2.45. The molecule has 4 nitrogen and oxygen atoms in total. The highest BCUT2D eigenvalue weighted by Crippen LogP contribution is 2.30. The van der Waals surface area contributed by atoms with Gasteiger partial charge in [-0.1, -0.05) is 24.3 Å². The second kappa shape index (κ2) is 8.70. The van der Waals surface area contributed by atoms with Gasteiger partial charge in [-0.15, -0.1) is 0 Å². The van der Waals surface area contributed by atoms with Crippen LogP contribution in [-0.4, -0.2) is 48.4 Å². The number of nitrogens with one attached hydrogen (secondary N) is 1. The minimum atomic E-state index is -4.45. The second-order valence-corrected chi connectivity index (χ2v) is 6.77. The molecular formula is C20H21F4N3O. The highest BCUT2D eigenvalue weighted by molar-refractivity contribution is 5.92. The largest absolute Gasteiger partial charge is 0.416 e. The molecule has 1 aliphatic rings. The molecule has 0 aliphatic carbocycles. The van der Waals surface area contributed by atoms with Crippen LogP contribution < -0.4 is 5.32 Å². The lowest BCUT2D eigenvalue weighted by Crippen LogP contribution is -2.48. The molecule has 0 unspecified atom stereocenters. The van der Waals surface area contributed by atoms with E-state index in [2.05, 4.69) is 10.2 Å². The van der Waals surface area contributed by atoms with Crippen LogP contribution in [0.1, 0.15) is 11.1 Å². The van der Waals surface area contributed by atoms with Gasteiger partial charge in [-0.05, 0) is 24.3 Å². The number of amides is 1. The molecule has 2 aromatic rings. The SMILES string of the molecule is O=C(CN1CCN(Cc2ccccc2F)CC1)Nc1cccc(C(F)(F)F)c1. The van der Waals surface area contributed by atoms with Crippen LogP contribution in [-0.2, 0) is 17.5 Å². The number of carbonyl (C=O) groups excluding carboxylic acids is 1. The molecule has 0 saturated carbocycles. The number of hydrogen-bond acceptors (Lipinski definition) is 3. The predicted molar refractivity (Wildman–Crippen MR) is 98.2 cm³/mol. The molecule has 28 heavy (non-hydrogen) atoms. The summed E-state index contributed by atoms with van der Waals surface area (Å²) in [5.74, 6) is -0.590. The molecule has 2 aromatic carbocycles. The Bertz CT molecular complexity index is 817. The predicted octanol–water partition coefficient (Wildman–Crippen LogP) is 3.60. The van der Waals surface area contributed by atoms with E-state index in [1.807, 2.05) is 4.90 Å². The molecule has 0 bridgehead atoms. The fourth-order valence-corrected chi connectivity index (χ4v) is 3.15. The average molecular weight is 395 g/mol. The Balaban J connectivity index is 1.47. The molecule has 0 radical (unpaired) electrons. The van der Waals surface area contributed by atoms with E-state index >= 15 is 0 Å². The van der Waals surface area contributed by atoms with E-state index in [0.29, 0.717) is 38.3 Å². The monoisotopic (exact) mass is 395 g/mol. The number of halogens is 4. The van der Waals surface area contributed by atoms with Crippen molar-refractivity contribution in [3.8, 4) is 0 Å². The fourth-order valence-electron chi connectivity index (χ4n) is 3.15. The van der Waals surface area contributed by atoms with E-state index in [4.69, 9.17) is 0 Å². The molecule has 1 aliphatic heterocycles. The number of nitrogens with zero attached hydrogens (tertiary/aromatic N) is 2. The molecule has 1 N–H and O–H groups in total. The van der Waals surface area contributed by atoms with Gasteiger partial charge in [0.2, 0.25) is 5.91 Å². The first-order valence-electron chi connectivity index (χ1n) is 8.96. The first-order chi connectivity index (χ1) is 13.3. The fraction of sp³-hybridized carbons (Fsp3) is 0.350. The van der Waals surface area contributed by atoms with E-state index in [1.54, 1.807) is 18.2 Å².